The van der Waals surface area contributed by atoms with E-state index >= 15 is 0 Å². The number of para-hydroxylation sites is 2. The SMILES string of the molecule is Cc1cc(-c2nc3ccccc3[nH]2)ccc1NC(=O)C1(c2ccccc2)CCCC1. The van der Waals surface area contributed by atoms with Crippen molar-refractivity contribution in [1.29, 1.82) is 0 Å². The molecule has 1 aliphatic carbocycles. The molecule has 1 saturated carbocycles. The van der Waals surface area contributed by atoms with Gasteiger partial charge in [0.2, 0.25) is 5.91 Å². The Kier molecular flexibility index (Phi) is 4.62. The largest absolute Gasteiger partial charge is 0.338 e. The van der Waals surface area contributed by atoms with Crippen LogP contribution in [0.5, 0.6) is 0 Å². The summed E-state index contributed by atoms with van der Waals surface area (Å²) in [4.78, 5) is 21.5. The smallest absolute Gasteiger partial charge is 0.235 e. The fourth-order valence-corrected chi connectivity index (χ4v) is 4.67. The van der Waals surface area contributed by atoms with Gasteiger partial charge in [-0.15, -0.1) is 0 Å². The minimum absolute atomic E-state index is 0.103. The lowest BCUT2D eigenvalue weighted by molar-refractivity contribution is -0.121. The summed E-state index contributed by atoms with van der Waals surface area (Å²) in [6.45, 7) is 2.03. The molecule has 1 fully saturated rings. The van der Waals surface area contributed by atoms with Crippen molar-refractivity contribution in [2.75, 3.05) is 5.32 Å². The number of nitrogens with one attached hydrogen (secondary N) is 2. The summed E-state index contributed by atoms with van der Waals surface area (Å²) in [5, 5.41) is 3.23. The van der Waals surface area contributed by atoms with Crippen LogP contribution < -0.4 is 5.32 Å². The number of carbonyl (C=O) groups is 1. The third kappa shape index (κ3) is 3.18. The van der Waals surface area contributed by atoms with E-state index in [9.17, 15) is 4.79 Å². The molecule has 0 bridgehead atoms. The molecule has 4 aromatic rings. The number of hydrogen-bond donors (Lipinski definition) is 2. The van der Waals surface area contributed by atoms with E-state index in [1.165, 1.54) is 0 Å². The molecule has 1 heterocycles. The van der Waals surface area contributed by atoms with Crippen LogP contribution in [0, 0.1) is 6.92 Å². The first-order chi connectivity index (χ1) is 14.7. The van der Waals surface area contributed by atoms with Crippen LogP contribution in [0.4, 0.5) is 5.69 Å². The first-order valence-corrected chi connectivity index (χ1v) is 10.6. The van der Waals surface area contributed by atoms with E-state index in [1.807, 2.05) is 61.5 Å². The van der Waals surface area contributed by atoms with Crippen molar-refractivity contribution in [3.8, 4) is 11.4 Å². The second-order valence-electron chi connectivity index (χ2n) is 8.24. The zero-order chi connectivity index (χ0) is 20.6. The van der Waals surface area contributed by atoms with Crippen molar-refractivity contribution >= 4 is 22.6 Å². The van der Waals surface area contributed by atoms with Crippen molar-refractivity contribution in [3.63, 3.8) is 0 Å². The molecule has 0 atom stereocenters. The lowest BCUT2D eigenvalue weighted by Gasteiger charge is -2.28. The summed E-state index contributed by atoms with van der Waals surface area (Å²) in [5.74, 6) is 0.944. The number of aromatic nitrogens is 2. The fraction of sp³-hybridized carbons (Fsp3) is 0.231. The highest BCUT2D eigenvalue weighted by atomic mass is 16.2. The summed E-state index contributed by atoms with van der Waals surface area (Å²) in [6.07, 6.45) is 3.98. The topological polar surface area (TPSA) is 57.8 Å². The number of anilines is 1. The van der Waals surface area contributed by atoms with Crippen molar-refractivity contribution < 1.29 is 4.79 Å². The quantitative estimate of drug-likeness (QED) is 0.446. The van der Waals surface area contributed by atoms with Crippen LogP contribution in [-0.4, -0.2) is 15.9 Å². The van der Waals surface area contributed by atoms with Gasteiger partial charge in [-0.1, -0.05) is 55.3 Å². The van der Waals surface area contributed by atoms with Gasteiger partial charge in [-0.25, -0.2) is 4.98 Å². The molecule has 1 aliphatic rings. The molecule has 1 amide bonds. The van der Waals surface area contributed by atoms with E-state index in [0.717, 1.165) is 64.9 Å². The Labute approximate surface area is 176 Å². The number of carbonyl (C=O) groups excluding carboxylic acids is 1. The molecule has 30 heavy (non-hydrogen) atoms. The monoisotopic (exact) mass is 395 g/mol. The van der Waals surface area contributed by atoms with Gasteiger partial charge in [0, 0.05) is 11.3 Å². The van der Waals surface area contributed by atoms with Crippen LogP contribution in [-0.2, 0) is 10.2 Å². The van der Waals surface area contributed by atoms with Crippen LogP contribution in [0.3, 0.4) is 0 Å². The molecule has 4 heteroatoms. The predicted octanol–water partition coefficient (Wildman–Crippen LogP) is 5.99. The van der Waals surface area contributed by atoms with Crippen LogP contribution in [0.15, 0.2) is 72.8 Å². The zero-order valence-corrected chi connectivity index (χ0v) is 17.1. The lowest BCUT2D eigenvalue weighted by Crippen LogP contribution is -2.38. The van der Waals surface area contributed by atoms with E-state index in [0.29, 0.717) is 0 Å². The molecule has 2 N–H and O–H groups in total. The predicted molar refractivity (Wildman–Crippen MR) is 121 cm³/mol. The number of hydrogen-bond acceptors (Lipinski definition) is 2. The molecule has 0 radical (unpaired) electrons. The van der Waals surface area contributed by atoms with Gasteiger partial charge in [0.25, 0.3) is 0 Å². The number of nitrogens with zero attached hydrogens (tertiary/aromatic N) is 1. The Morgan fingerprint density at radius 2 is 1.70 bits per heavy atom. The van der Waals surface area contributed by atoms with Gasteiger partial charge in [0.1, 0.15) is 5.82 Å². The first-order valence-electron chi connectivity index (χ1n) is 10.6. The number of aryl methyl sites for hydroxylation is 1. The van der Waals surface area contributed by atoms with E-state index in [-0.39, 0.29) is 5.91 Å². The van der Waals surface area contributed by atoms with Crippen LogP contribution in [0.2, 0.25) is 0 Å². The number of aromatic amines is 1. The molecule has 1 aromatic heterocycles. The van der Waals surface area contributed by atoms with Gasteiger partial charge < -0.3 is 10.3 Å². The molecule has 3 aromatic carbocycles. The molecular weight excluding hydrogens is 370 g/mol. The third-order valence-electron chi connectivity index (χ3n) is 6.36. The van der Waals surface area contributed by atoms with Gasteiger partial charge in [-0.2, -0.15) is 0 Å². The Balaban J connectivity index is 1.43. The molecule has 0 aliphatic heterocycles. The minimum Gasteiger partial charge on any atom is -0.338 e. The lowest BCUT2D eigenvalue weighted by atomic mass is 9.78. The average Bonchev–Trinajstić information content (AvgIpc) is 3.44. The minimum atomic E-state index is -0.425. The third-order valence-corrected chi connectivity index (χ3v) is 6.36. The van der Waals surface area contributed by atoms with E-state index < -0.39 is 5.41 Å². The number of fused-ring (bicyclic) bond motifs is 1. The number of amides is 1. The Bertz CT molecular complexity index is 1170. The Morgan fingerprint density at radius 3 is 2.43 bits per heavy atom. The number of benzene rings is 3. The summed E-state index contributed by atoms with van der Waals surface area (Å²) in [6, 6.07) is 24.3. The highest BCUT2D eigenvalue weighted by Crippen LogP contribution is 2.42. The maximum Gasteiger partial charge on any atom is 0.235 e. The number of imidazole rings is 1. The van der Waals surface area contributed by atoms with Gasteiger partial charge in [0.15, 0.2) is 0 Å². The molecule has 0 saturated heterocycles. The van der Waals surface area contributed by atoms with Crippen molar-refractivity contribution in [1.82, 2.24) is 9.97 Å². The Morgan fingerprint density at radius 1 is 0.967 bits per heavy atom. The zero-order valence-electron chi connectivity index (χ0n) is 17.1. The summed E-state index contributed by atoms with van der Waals surface area (Å²) < 4.78 is 0. The van der Waals surface area contributed by atoms with E-state index in [1.54, 1.807) is 0 Å². The average molecular weight is 396 g/mol. The molecule has 150 valence electrons. The summed E-state index contributed by atoms with van der Waals surface area (Å²) in [7, 11) is 0. The standard InChI is InChI=1S/C26H25N3O/c1-18-17-19(24-27-22-11-5-6-12-23(22)28-24)13-14-21(18)29-25(30)26(15-7-8-16-26)20-9-3-2-4-10-20/h2-6,9-14,17H,7-8,15-16H2,1H3,(H,27,28)(H,29,30). The van der Waals surface area contributed by atoms with E-state index in [2.05, 4.69) is 33.5 Å². The maximum atomic E-state index is 13.4. The second kappa shape index (κ2) is 7.45. The summed E-state index contributed by atoms with van der Waals surface area (Å²) in [5.41, 5.74) is 5.58. The number of H-pyrrole nitrogens is 1. The highest BCUT2D eigenvalue weighted by molar-refractivity contribution is 6.00. The van der Waals surface area contributed by atoms with Crippen molar-refractivity contribution in [2.24, 2.45) is 0 Å². The van der Waals surface area contributed by atoms with Gasteiger partial charge in [-0.3, -0.25) is 4.79 Å². The molecule has 5 rings (SSSR count). The Hall–Kier alpha value is -3.40. The maximum absolute atomic E-state index is 13.4. The van der Waals surface area contributed by atoms with Crippen LogP contribution >= 0.6 is 0 Å². The first kappa shape index (κ1) is 18.6. The van der Waals surface area contributed by atoms with Gasteiger partial charge in [-0.05, 0) is 61.2 Å². The molecule has 0 unspecified atom stereocenters. The number of rotatable bonds is 4. The molecular formula is C26H25N3O. The van der Waals surface area contributed by atoms with Gasteiger partial charge >= 0.3 is 0 Å². The van der Waals surface area contributed by atoms with Gasteiger partial charge in [0.05, 0.1) is 16.4 Å². The van der Waals surface area contributed by atoms with Crippen molar-refractivity contribution in [3.05, 3.63) is 83.9 Å². The highest BCUT2D eigenvalue weighted by Gasteiger charge is 2.42. The van der Waals surface area contributed by atoms with Crippen LogP contribution in [0.1, 0.15) is 36.8 Å². The van der Waals surface area contributed by atoms with Crippen LogP contribution in [0.25, 0.3) is 22.4 Å². The normalized spacial score (nSPS) is 15.4. The molecule has 0 spiro atoms. The molecule has 4 nitrogen and oxygen atoms in total. The summed E-state index contributed by atoms with van der Waals surface area (Å²) >= 11 is 0. The second-order valence-corrected chi connectivity index (χ2v) is 8.24. The van der Waals surface area contributed by atoms with E-state index in [4.69, 9.17) is 0 Å². The fourth-order valence-electron chi connectivity index (χ4n) is 4.67. The van der Waals surface area contributed by atoms with Crippen molar-refractivity contribution in [2.45, 2.75) is 38.0 Å².